The molecule has 2 heterocycles. The van der Waals surface area contributed by atoms with Crippen molar-refractivity contribution in [2.24, 2.45) is 0 Å². The van der Waals surface area contributed by atoms with Crippen molar-refractivity contribution in [2.45, 2.75) is 50.6 Å². The molecule has 2 aliphatic rings. The van der Waals surface area contributed by atoms with Gasteiger partial charge in [-0.25, -0.2) is 0 Å². The third-order valence-corrected chi connectivity index (χ3v) is 4.99. The molecule has 0 saturated carbocycles. The van der Waals surface area contributed by atoms with E-state index in [1.54, 1.807) is 0 Å². The molecule has 1 saturated heterocycles. The molecule has 1 fully saturated rings. The van der Waals surface area contributed by atoms with Crippen molar-refractivity contribution in [3.05, 3.63) is 21.9 Å². The van der Waals surface area contributed by atoms with Crippen LogP contribution in [-0.4, -0.2) is 18.5 Å². The van der Waals surface area contributed by atoms with Crippen LogP contribution >= 0.6 is 11.3 Å². The van der Waals surface area contributed by atoms with E-state index in [0.29, 0.717) is 6.04 Å². The lowest BCUT2D eigenvalue weighted by Gasteiger charge is -2.27. The van der Waals surface area contributed by atoms with E-state index in [-0.39, 0.29) is 11.9 Å². The third-order valence-electron chi connectivity index (χ3n) is 3.99. The van der Waals surface area contributed by atoms with Gasteiger partial charge < -0.3 is 5.32 Å². The Morgan fingerprint density at radius 1 is 1.22 bits per heavy atom. The summed E-state index contributed by atoms with van der Waals surface area (Å²) in [5, 5.41) is 8.77. The lowest BCUT2D eigenvalue weighted by Crippen LogP contribution is -2.44. The van der Waals surface area contributed by atoms with Crippen LogP contribution in [-0.2, 0) is 11.2 Å². The molecule has 98 valence electrons. The van der Waals surface area contributed by atoms with Crippen molar-refractivity contribution < 1.29 is 4.79 Å². The smallest absolute Gasteiger partial charge is 0.237 e. The SMILES string of the molecule is O=C1NCCCCC1NC1CCCc2sccc21. The summed E-state index contributed by atoms with van der Waals surface area (Å²) in [7, 11) is 0. The van der Waals surface area contributed by atoms with E-state index in [1.165, 1.54) is 23.3 Å². The minimum Gasteiger partial charge on any atom is -0.355 e. The van der Waals surface area contributed by atoms with Gasteiger partial charge in [0.1, 0.15) is 0 Å². The predicted octanol–water partition coefficient (Wildman–Crippen LogP) is 2.38. The van der Waals surface area contributed by atoms with E-state index < -0.39 is 0 Å². The lowest BCUT2D eigenvalue weighted by molar-refractivity contribution is -0.123. The monoisotopic (exact) mass is 264 g/mol. The number of amides is 1. The number of hydrogen-bond donors (Lipinski definition) is 2. The fraction of sp³-hybridized carbons (Fsp3) is 0.643. The number of rotatable bonds is 2. The summed E-state index contributed by atoms with van der Waals surface area (Å²) in [6.07, 6.45) is 6.83. The van der Waals surface area contributed by atoms with E-state index in [0.717, 1.165) is 32.2 Å². The average molecular weight is 264 g/mol. The lowest BCUT2D eigenvalue weighted by atomic mass is 9.93. The average Bonchev–Trinajstić information content (AvgIpc) is 2.77. The molecule has 1 aliphatic carbocycles. The second kappa shape index (κ2) is 5.41. The first kappa shape index (κ1) is 12.2. The zero-order valence-electron chi connectivity index (χ0n) is 10.6. The molecule has 1 aromatic rings. The van der Waals surface area contributed by atoms with E-state index in [1.807, 2.05) is 11.3 Å². The fourth-order valence-corrected chi connectivity index (χ4v) is 3.99. The van der Waals surface area contributed by atoms with Crippen LogP contribution in [0.3, 0.4) is 0 Å². The highest BCUT2D eigenvalue weighted by molar-refractivity contribution is 7.10. The van der Waals surface area contributed by atoms with E-state index in [2.05, 4.69) is 22.1 Å². The van der Waals surface area contributed by atoms with Gasteiger partial charge >= 0.3 is 0 Å². The Kier molecular flexibility index (Phi) is 3.66. The molecule has 0 bridgehead atoms. The van der Waals surface area contributed by atoms with Gasteiger partial charge in [0.05, 0.1) is 6.04 Å². The maximum atomic E-state index is 12.0. The molecule has 1 amide bonds. The molecule has 3 nitrogen and oxygen atoms in total. The molecule has 1 aromatic heterocycles. The largest absolute Gasteiger partial charge is 0.355 e. The first-order valence-electron chi connectivity index (χ1n) is 6.94. The predicted molar refractivity (Wildman–Crippen MR) is 73.8 cm³/mol. The van der Waals surface area contributed by atoms with Crippen LogP contribution in [0.5, 0.6) is 0 Å². The van der Waals surface area contributed by atoms with Crippen LogP contribution in [0, 0.1) is 0 Å². The Bertz CT molecular complexity index is 429. The van der Waals surface area contributed by atoms with Gasteiger partial charge in [0.2, 0.25) is 5.91 Å². The highest BCUT2D eigenvalue weighted by Gasteiger charge is 2.27. The molecule has 4 heteroatoms. The highest BCUT2D eigenvalue weighted by Crippen LogP contribution is 2.33. The normalized spacial score (nSPS) is 28.3. The topological polar surface area (TPSA) is 41.1 Å². The summed E-state index contributed by atoms with van der Waals surface area (Å²) in [4.78, 5) is 13.5. The van der Waals surface area contributed by atoms with E-state index in [9.17, 15) is 4.79 Å². The number of fused-ring (bicyclic) bond motifs is 1. The number of nitrogens with one attached hydrogen (secondary N) is 2. The van der Waals surface area contributed by atoms with Crippen LogP contribution in [0.2, 0.25) is 0 Å². The summed E-state index contributed by atoms with van der Waals surface area (Å²) in [6.45, 7) is 0.839. The van der Waals surface area contributed by atoms with Crippen molar-refractivity contribution in [1.29, 1.82) is 0 Å². The molecule has 0 spiro atoms. The van der Waals surface area contributed by atoms with Crippen LogP contribution in [0.25, 0.3) is 0 Å². The van der Waals surface area contributed by atoms with Crippen molar-refractivity contribution in [3.8, 4) is 0 Å². The first-order chi connectivity index (χ1) is 8.84. The Hall–Kier alpha value is -0.870. The zero-order valence-corrected chi connectivity index (χ0v) is 11.4. The zero-order chi connectivity index (χ0) is 12.4. The van der Waals surface area contributed by atoms with Gasteiger partial charge in [-0.15, -0.1) is 11.3 Å². The Morgan fingerprint density at radius 3 is 3.06 bits per heavy atom. The van der Waals surface area contributed by atoms with Gasteiger partial charge in [-0.3, -0.25) is 10.1 Å². The van der Waals surface area contributed by atoms with Gasteiger partial charge in [0.25, 0.3) is 0 Å². The quantitative estimate of drug-likeness (QED) is 0.861. The number of aryl methyl sites for hydroxylation is 1. The minimum atomic E-state index is 0.00310. The van der Waals surface area contributed by atoms with Crippen molar-refractivity contribution in [2.75, 3.05) is 6.54 Å². The molecule has 0 radical (unpaired) electrons. The highest BCUT2D eigenvalue weighted by atomic mass is 32.1. The molecule has 2 N–H and O–H groups in total. The number of carbonyl (C=O) groups excluding carboxylic acids is 1. The second-order valence-electron chi connectivity index (χ2n) is 5.25. The third kappa shape index (κ3) is 2.45. The Morgan fingerprint density at radius 2 is 2.11 bits per heavy atom. The van der Waals surface area contributed by atoms with Crippen molar-refractivity contribution in [3.63, 3.8) is 0 Å². The van der Waals surface area contributed by atoms with Gasteiger partial charge in [-0.2, -0.15) is 0 Å². The maximum absolute atomic E-state index is 12.0. The van der Waals surface area contributed by atoms with Crippen LogP contribution in [0.4, 0.5) is 0 Å². The molecular weight excluding hydrogens is 244 g/mol. The second-order valence-corrected chi connectivity index (χ2v) is 6.25. The summed E-state index contributed by atoms with van der Waals surface area (Å²) in [6, 6.07) is 2.61. The van der Waals surface area contributed by atoms with Gasteiger partial charge in [0, 0.05) is 17.5 Å². The minimum absolute atomic E-state index is 0.00310. The summed E-state index contributed by atoms with van der Waals surface area (Å²) in [5.41, 5.74) is 1.43. The summed E-state index contributed by atoms with van der Waals surface area (Å²) < 4.78 is 0. The number of carbonyl (C=O) groups is 1. The Balaban J connectivity index is 1.71. The fourth-order valence-electron chi connectivity index (χ4n) is 3.00. The van der Waals surface area contributed by atoms with Gasteiger partial charge in [0.15, 0.2) is 0 Å². The molecule has 2 unspecified atom stereocenters. The van der Waals surface area contributed by atoms with E-state index in [4.69, 9.17) is 0 Å². The molecule has 3 rings (SSSR count). The number of hydrogen-bond acceptors (Lipinski definition) is 3. The van der Waals surface area contributed by atoms with E-state index >= 15 is 0 Å². The maximum Gasteiger partial charge on any atom is 0.237 e. The Labute approximate surface area is 112 Å². The molecule has 0 aromatic carbocycles. The summed E-state index contributed by atoms with van der Waals surface area (Å²) in [5.74, 6) is 0.190. The van der Waals surface area contributed by atoms with Crippen molar-refractivity contribution in [1.82, 2.24) is 10.6 Å². The number of thiophene rings is 1. The van der Waals surface area contributed by atoms with Gasteiger partial charge in [-0.05, 0) is 55.5 Å². The first-order valence-corrected chi connectivity index (χ1v) is 7.82. The van der Waals surface area contributed by atoms with Crippen LogP contribution in [0.15, 0.2) is 11.4 Å². The van der Waals surface area contributed by atoms with Crippen LogP contribution in [0.1, 0.15) is 48.6 Å². The molecule has 2 atom stereocenters. The molecule has 1 aliphatic heterocycles. The standard InChI is InChI=1S/C14H20N2OS/c17-14-12(4-1-2-8-15-14)16-11-5-3-6-13-10(11)7-9-18-13/h7,9,11-12,16H,1-6,8H2,(H,15,17). The molecular formula is C14H20N2OS. The van der Waals surface area contributed by atoms with Gasteiger partial charge in [-0.1, -0.05) is 0 Å². The van der Waals surface area contributed by atoms with Crippen molar-refractivity contribution >= 4 is 17.2 Å². The molecule has 18 heavy (non-hydrogen) atoms. The van der Waals surface area contributed by atoms with Crippen LogP contribution < -0.4 is 10.6 Å². The summed E-state index contributed by atoms with van der Waals surface area (Å²) >= 11 is 1.86.